The van der Waals surface area contributed by atoms with Crippen molar-refractivity contribution in [1.82, 2.24) is 24.5 Å². The molecule has 206 valence electrons. The number of benzene rings is 3. The van der Waals surface area contributed by atoms with Gasteiger partial charge in [-0.2, -0.15) is 0 Å². The van der Waals surface area contributed by atoms with Crippen molar-refractivity contribution in [2.24, 2.45) is 0 Å². The number of carbonyl (C=O) groups excluding carboxylic acids is 1. The minimum atomic E-state index is -4.90. The highest BCUT2D eigenvalue weighted by molar-refractivity contribution is 6.11. The molecule has 0 spiro atoms. The molecule has 6 aromatic rings. The van der Waals surface area contributed by atoms with Crippen LogP contribution in [0.1, 0.15) is 22.0 Å². The summed E-state index contributed by atoms with van der Waals surface area (Å²) in [7, 11) is 0. The number of nitrogens with one attached hydrogen (secondary N) is 3. The number of H-pyrrole nitrogens is 2. The van der Waals surface area contributed by atoms with Gasteiger partial charge in [-0.25, -0.2) is 9.97 Å². The van der Waals surface area contributed by atoms with Crippen molar-refractivity contribution in [2.75, 3.05) is 11.4 Å². The lowest BCUT2D eigenvalue weighted by Gasteiger charge is -2.18. The van der Waals surface area contributed by atoms with E-state index in [0.29, 0.717) is 34.2 Å². The summed E-state index contributed by atoms with van der Waals surface area (Å²) in [4.78, 5) is 29.7. The van der Waals surface area contributed by atoms with Gasteiger partial charge < -0.3 is 29.3 Å². The van der Waals surface area contributed by atoms with Gasteiger partial charge >= 0.3 is 6.36 Å². The minimum absolute atomic E-state index is 0.00196. The van der Waals surface area contributed by atoms with Gasteiger partial charge in [0.25, 0.3) is 5.91 Å². The predicted octanol–water partition coefficient (Wildman–Crippen LogP) is 4.92. The number of hydrogen-bond donors (Lipinski definition) is 4. The largest absolute Gasteiger partial charge is 0.573 e. The van der Waals surface area contributed by atoms with Crippen LogP contribution in [0.15, 0.2) is 67.3 Å². The second kappa shape index (κ2) is 8.84. The van der Waals surface area contributed by atoms with Crippen LogP contribution in [0.25, 0.3) is 32.8 Å². The van der Waals surface area contributed by atoms with Crippen LogP contribution in [0.5, 0.6) is 11.5 Å². The Kier molecular flexibility index (Phi) is 5.33. The van der Waals surface area contributed by atoms with Crippen LogP contribution in [0.4, 0.5) is 18.9 Å². The van der Waals surface area contributed by atoms with E-state index in [1.54, 1.807) is 16.7 Å². The number of amides is 1. The van der Waals surface area contributed by atoms with Crippen molar-refractivity contribution in [3.8, 4) is 11.5 Å². The third kappa shape index (κ3) is 4.04. The normalized spacial score (nSPS) is 15.2. The molecule has 0 aliphatic carbocycles. The van der Waals surface area contributed by atoms with Gasteiger partial charge in [0.1, 0.15) is 17.0 Å². The van der Waals surface area contributed by atoms with Crippen LogP contribution in [-0.2, 0) is 6.54 Å². The number of hydrogen-bond acceptors (Lipinski definition) is 6. The molecular weight excluding hydrogens is 539 g/mol. The molecular formula is C28H20F3N7O3. The number of aromatic nitrogens is 5. The number of ether oxygens (including phenoxy) is 1. The van der Waals surface area contributed by atoms with Crippen molar-refractivity contribution in [1.29, 1.82) is 5.41 Å². The van der Waals surface area contributed by atoms with Crippen LogP contribution in [0, 0.1) is 5.41 Å². The molecule has 13 heteroatoms. The second-order valence-corrected chi connectivity index (χ2v) is 9.78. The van der Waals surface area contributed by atoms with E-state index in [1.165, 1.54) is 41.8 Å². The number of rotatable bonds is 4. The number of carbonyl (C=O) groups is 1. The van der Waals surface area contributed by atoms with Crippen molar-refractivity contribution in [3.05, 3.63) is 84.0 Å². The number of para-hydroxylation sites is 1. The Morgan fingerprint density at radius 3 is 2.71 bits per heavy atom. The Hall–Kier alpha value is -5.33. The molecule has 4 N–H and O–H groups in total. The number of fused-ring (bicyclic) bond motifs is 5. The lowest BCUT2D eigenvalue weighted by atomic mass is 9.94. The Labute approximate surface area is 228 Å². The fourth-order valence-corrected chi connectivity index (χ4v) is 5.66. The summed E-state index contributed by atoms with van der Waals surface area (Å²) in [6.45, 7) is 0.570. The van der Waals surface area contributed by atoms with Crippen LogP contribution >= 0.6 is 0 Å². The summed E-state index contributed by atoms with van der Waals surface area (Å²) in [6, 6.07) is 14.5. The molecule has 1 atom stereocenters. The average Bonchev–Trinajstić information content (AvgIpc) is 3.67. The molecule has 3 aromatic carbocycles. The monoisotopic (exact) mass is 559 g/mol. The summed E-state index contributed by atoms with van der Waals surface area (Å²) in [6.07, 6.45) is -1.88. The molecule has 41 heavy (non-hydrogen) atoms. The molecule has 0 radical (unpaired) electrons. The minimum Gasteiger partial charge on any atom is -0.507 e. The summed E-state index contributed by atoms with van der Waals surface area (Å²) in [5.74, 6) is -1.19. The molecule has 0 fully saturated rings. The third-order valence-corrected chi connectivity index (χ3v) is 7.34. The SMILES string of the molecule is N=c1ncn(C[C@@H]2CN(C(=O)c3cc4cccc(OC(F)(F)F)c4[nH]3)c3cc(O)c4ccccc4c32)c2nc[nH]c12. The maximum absolute atomic E-state index is 13.9. The standard InChI is InChI=1S/C28H20F3N7O3/c29-28(30,31)41-21-7-3-4-14-8-18(36-23(14)21)27(40)38-11-15(10-37-13-35-25(32)24-26(37)34-12-33-24)22-17-6-2-1-5-16(17)20(39)9-19(22)38/h1-9,12-13,15,32,36,39H,10-11H2,(H,33,34)/t15-/m1/s1. The van der Waals surface area contributed by atoms with Gasteiger partial charge in [-0.15, -0.1) is 13.2 Å². The highest BCUT2D eigenvalue weighted by Gasteiger charge is 2.37. The number of nitrogens with zero attached hydrogens (tertiary/aromatic N) is 4. The maximum Gasteiger partial charge on any atom is 0.573 e. The van der Waals surface area contributed by atoms with E-state index in [1.807, 2.05) is 18.2 Å². The number of aromatic hydroxyl groups is 1. The number of anilines is 1. The van der Waals surface area contributed by atoms with Gasteiger partial charge in [-0.3, -0.25) is 10.2 Å². The summed E-state index contributed by atoms with van der Waals surface area (Å²) >= 11 is 0. The lowest BCUT2D eigenvalue weighted by molar-refractivity contribution is -0.274. The number of phenolic OH excluding ortho intramolecular Hbond substituents is 1. The maximum atomic E-state index is 13.9. The predicted molar refractivity (Wildman–Crippen MR) is 143 cm³/mol. The van der Waals surface area contributed by atoms with Crippen molar-refractivity contribution >= 4 is 44.4 Å². The topological polar surface area (TPSA) is 136 Å². The van der Waals surface area contributed by atoms with Crippen molar-refractivity contribution in [2.45, 2.75) is 18.8 Å². The summed E-state index contributed by atoms with van der Waals surface area (Å²) < 4.78 is 44.9. The fourth-order valence-electron chi connectivity index (χ4n) is 5.66. The van der Waals surface area contributed by atoms with Gasteiger partial charge in [0.15, 0.2) is 16.9 Å². The first-order valence-corrected chi connectivity index (χ1v) is 12.5. The molecule has 0 unspecified atom stereocenters. The van der Waals surface area contributed by atoms with E-state index >= 15 is 0 Å². The van der Waals surface area contributed by atoms with E-state index in [0.717, 1.165) is 10.9 Å². The highest BCUT2D eigenvalue weighted by atomic mass is 19.4. The van der Waals surface area contributed by atoms with Crippen LogP contribution in [0.2, 0.25) is 0 Å². The van der Waals surface area contributed by atoms with E-state index in [2.05, 4.69) is 24.7 Å². The quantitative estimate of drug-likeness (QED) is 0.243. The number of phenols is 1. The van der Waals surface area contributed by atoms with E-state index < -0.39 is 18.0 Å². The molecule has 0 saturated heterocycles. The zero-order valence-corrected chi connectivity index (χ0v) is 21.0. The Bertz CT molecular complexity index is 2060. The first-order valence-electron chi connectivity index (χ1n) is 12.5. The first-order chi connectivity index (χ1) is 19.7. The molecule has 1 aliphatic heterocycles. The Morgan fingerprint density at radius 1 is 1.10 bits per heavy atom. The highest BCUT2D eigenvalue weighted by Crippen LogP contribution is 2.46. The van der Waals surface area contributed by atoms with Crippen molar-refractivity contribution < 1.29 is 27.8 Å². The zero-order chi connectivity index (χ0) is 28.5. The van der Waals surface area contributed by atoms with Gasteiger partial charge in [-0.05, 0) is 23.1 Å². The number of alkyl halides is 3. The molecule has 3 aromatic heterocycles. The molecule has 7 rings (SSSR count). The van der Waals surface area contributed by atoms with E-state index in [-0.39, 0.29) is 34.9 Å². The van der Waals surface area contributed by atoms with Crippen molar-refractivity contribution in [3.63, 3.8) is 0 Å². The molecule has 0 saturated carbocycles. The van der Waals surface area contributed by atoms with Crippen LogP contribution < -0.4 is 15.1 Å². The second-order valence-electron chi connectivity index (χ2n) is 9.78. The number of imidazole rings is 1. The zero-order valence-electron chi connectivity index (χ0n) is 21.0. The van der Waals surface area contributed by atoms with Crippen LogP contribution in [-0.4, -0.2) is 48.4 Å². The number of aromatic amines is 2. The smallest absolute Gasteiger partial charge is 0.507 e. The third-order valence-electron chi connectivity index (χ3n) is 7.34. The Balaban J connectivity index is 1.33. The summed E-state index contributed by atoms with van der Waals surface area (Å²) in [5.41, 5.74) is 2.50. The van der Waals surface area contributed by atoms with E-state index in [4.69, 9.17) is 5.41 Å². The molecule has 10 nitrogen and oxygen atoms in total. The van der Waals surface area contributed by atoms with Gasteiger partial charge in [0.05, 0.1) is 23.9 Å². The number of halogens is 3. The first kappa shape index (κ1) is 24.7. The van der Waals surface area contributed by atoms with Gasteiger partial charge in [0, 0.05) is 35.8 Å². The molecule has 0 bridgehead atoms. The lowest BCUT2D eigenvalue weighted by Crippen LogP contribution is -2.31. The molecule has 1 aliphatic rings. The van der Waals surface area contributed by atoms with Gasteiger partial charge in [0.2, 0.25) is 0 Å². The summed E-state index contributed by atoms with van der Waals surface area (Å²) in [5, 5.41) is 20.7. The molecule has 4 heterocycles. The van der Waals surface area contributed by atoms with Crippen LogP contribution in [0.3, 0.4) is 0 Å². The fraction of sp³-hybridized carbons (Fsp3) is 0.143. The molecule has 1 amide bonds. The average molecular weight is 560 g/mol. The van der Waals surface area contributed by atoms with E-state index in [9.17, 15) is 23.1 Å². The van der Waals surface area contributed by atoms with Gasteiger partial charge in [-0.1, -0.05) is 36.4 Å². The Morgan fingerprint density at radius 2 is 1.90 bits per heavy atom.